The van der Waals surface area contributed by atoms with Crippen molar-refractivity contribution in [2.24, 2.45) is 10.4 Å². The molecule has 0 aromatic carbocycles. The van der Waals surface area contributed by atoms with Crippen molar-refractivity contribution in [3.63, 3.8) is 0 Å². The summed E-state index contributed by atoms with van der Waals surface area (Å²) in [4.78, 5) is 4.62. The Bertz CT molecular complexity index is 495. The molecule has 1 atom stereocenters. The molecule has 1 fully saturated rings. The van der Waals surface area contributed by atoms with Crippen LogP contribution in [0.4, 0.5) is 0 Å². The molecule has 0 aromatic rings. The van der Waals surface area contributed by atoms with Crippen molar-refractivity contribution < 1.29 is 13.2 Å². The normalized spacial score (nSPS) is 23.1. The van der Waals surface area contributed by atoms with E-state index in [9.17, 15) is 8.42 Å². The molecule has 0 aromatic heterocycles. The van der Waals surface area contributed by atoms with Gasteiger partial charge in [-0.3, -0.25) is 4.99 Å². The lowest BCUT2D eigenvalue weighted by atomic mass is 9.90. The second-order valence-electron chi connectivity index (χ2n) is 7.49. The Morgan fingerprint density at radius 3 is 2.57 bits per heavy atom. The Balaban J connectivity index is 2.55. The minimum atomic E-state index is -2.93. The molecule has 0 bridgehead atoms. The fraction of sp³-hybridized carbons (Fsp3) is 0.938. The summed E-state index contributed by atoms with van der Waals surface area (Å²) >= 11 is 0. The molecule has 2 N–H and O–H groups in total. The van der Waals surface area contributed by atoms with E-state index in [4.69, 9.17) is 4.74 Å². The lowest BCUT2D eigenvalue weighted by molar-refractivity contribution is 0.0242. The van der Waals surface area contributed by atoms with Crippen LogP contribution in [0.2, 0.25) is 0 Å². The SMILES string of the molecule is CCNC(=NCC(C)(C)CCS(C)(=O)=O)NCC1(C)CCCO1. The van der Waals surface area contributed by atoms with Gasteiger partial charge in [0.15, 0.2) is 5.96 Å². The highest BCUT2D eigenvalue weighted by Crippen LogP contribution is 2.24. The maximum absolute atomic E-state index is 11.3. The third-order valence-corrected chi connectivity index (χ3v) is 5.04. The van der Waals surface area contributed by atoms with Crippen LogP contribution in [0.25, 0.3) is 0 Å². The average molecular weight is 348 g/mol. The van der Waals surface area contributed by atoms with Crippen LogP contribution in [-0.2, 0) is 14.6 Å². The van der Waals surface area contributed by atoms with E-state index in [1.807, 2.05) is 20.8 Å². The first-order chi connectivity index (χ1) is 10.6. The molecule has 1 aliphatic rings. The first-order valence-corrected chi connectivity index (χ1v) is 10.5. The van der Waals surface area contributed by atoms with E-state index in [0.29, 0.717) is 13.0 Å². The van der Waals surface area contributed by atoms with Crippen molar-refractivity contribution in [2.75, 3.05) is 38.2 Å². The van der Waals surface area contributed by atoms with Gasteiger partial charge in [-0.25, -0.2) is 8.42 Å². The fourth-order valence-corrected chi connectivity index (χ4v) is 3.35. The zero-order valence-electron chi connectivity index (χ0n) is 15.2. The zero-order chi connectivity index (χ0) is 17.6. The Morgan fingerprint density at radius 2 is 2.04 bits per heavy atom. The number of hydrogen-bond donors (Lipinski definition) is 2. The summed E-state index contributed by atoms with van der Waals surface area (Å²) in [5, 5.41) is 6.58. The lowest BCUT2D eigenvalue weighted by Crippen LogP contribution is -2.45. The standard InChI is InChI=1S/C16H33N3O3S/c1-6-17-14(19-13-16(4)8-7-10-22-16)18-12-15(2,3)9-11-23(5,20)21/h6-13H2,1-5H3,(H2,17,18,19). The van der Waals surface area contributed by atoms with Crippen molar-refractivity contribution in [2.45, 2.75) is 52.6 Å². The predicted octanol–water partition coefficient (Wildman–Crippen LogP) is 1.57. The Hall–Kier alpha value is -0.820. The monoisotopic (exact) mass is 347 g/mol. The summed E-state index contributed by atoms with van der Waals surface area (Å²) < 4.78 is 28.4. The predicted molar refractivity (Wildman–Crippen MR) is 95.7 cm³/mol. The Kier molecular flexibility index (Phi) is 7.32. The number of hydrogen-bond acceptors (Lipinski definition) is 4. The molecule has 23 heavy (non-hydrogen) atoms. The minimum absolute atomic E-state index is 0.123. The largest absolute Gasteiger partial charge is 0.373 e. The van der Waals surface area contributed by atoms with Crippen LogP contribution in [0.15, 0.2) is 4.99 Å². The summed E-state index contributed by atoms with van der Waals surface area (Å²) in [6.07, 6.45) is 4.04. The lowest BCUT2D eigenvalue weighted by Gasteiger charge is -2.26. The summed E-state index contributed by atoms with van der Waals surface area (Å²) in [5.74, 6) is 0.961. The van der Waals surface area contributed by atoms with Gasteiger partial charge in [-0.05, 0) is 38.5 Å². The average Bonchev–Trinajstić information content (AvgIpc) is 2.87. The van der Waals surface area contributed by atoms with E-state index >= 15 is 0 Å². The van der Waals surface area contributed by atoms with Gasteiger partial charge in [0.1, 0.15) is 9.84 Å². The third kappa shape index (κ3) is 8.55. The molecule has 1 rings (SSSR count). The van der Waals surface area contributed by atoms with Crippen LogP contribution in [-0.4, -0.2) is 58.2 Å². The topological polar surface area (TPSA) is 79.8 Å². The van der Waals surface area contributed by atoms with Crippen molar-refractivity contribution in [3.05, 3.63) is 0 Å². The molecule has 0 aliphatic carbocycles. The maximum Gasteiger partial charge on any atom is 0.191 e. The molecule has 0 radical (unpaired) electrons. The highest BCUT2D eigenvalue weighted by molar-refractivity contribution is 7.90. The molecule has 6 nitrogen and oxygen atoms in total. The van der Waals surface area contributed by atoms with Gasteiger partial charge in [0.25, 0.3) is 0 Å². The van der Waals surface area contributed by atoms with Gasteiger partial charge in [0.05, 0.1) is 11.4 Å². The van der Waals surface area contributed by atoms with Gasteiger partial charge >= 0.3 is 0 Å². The highest BCUT2D eigenvalue weighted by atomic mass is 32.2. The number of nitrogens with one attached hydrogen (secondary N) is 2. The first-order valence-electron chi connectivity index (χ1n) is 8.39. The number of nitrogens with zero attached hydrogens (tertiary/aromatic N) is 1. The first kappa shape index (κ1) is 20.2. The molecule has 7 heteroatoms. The molecular formula is C16H33N3O3S. The van der Waals surface area contributed by atoms with Crippen LogP contribution < -0.4 is 10.6 Å². The Labute approximate surface area is 141 Å². The molecule has 0 saturated carbocycles. The number of aliphatic imine (C=N–C) groups is 1. The van der Waals surface area contributed by atoms with Crippen molar-refractivity contribution in [1.82, 2.24) is 10.6 Å². The number of sulfone groups is 1. The third-order valence-electron chi connectivity index (χ3n) is 4.09. The van der Waals surface area contributed by atoms with E-state index < -0.39 is 9.84 Å². The molecule has 0 spiro atoms. The molecule has 1 unspecified atom stereocenters. The second kappa shape index (κ2) is 8.33. The molecule has 0 amide bonds. The van der Waals surface area contributed by atoms with E-state index in [1.165, 1.54) is 6.26 Å². The van der Waals surface area contributed by atoms with Crippen molar-refractivity contribution >= 4 is 15.8 Å². The van der Waals surface area contributed by atoms with Gasteiger partial charge in [0.2, 0.25) is 0 Å². The minimum Gasteiger partial charge on any atom is -0.373 e. The van der Waals surface area contributed by atoms with Crippen molar-refractivity contribution in [3.8, 4) is 0 Å². The zero-order valence-corrected chi connectivity index (χ0v) is 16.1. The summed E-state index contributed by atoms with van der Waals surface area (Å²) in [5.41, 5.74) is -0.277. The summed E-state index contributed by atoms with van der Waals surface area (Å²) in [6, 6.07) is 0. The van der Waals surface area contributed by atoms with Crippen LogP contribution in [0.1, 0.15) is 47.0 Å². The molecule has 1 saturated heterocycles. The van der Waals surface area contributed by atoms with Crippen molar-refractivity contribution in [1.29, 1.82) is 0 Å². The number of guanidine groups is 1. The van der Waals surface area contributed by atoms with E-state index in [0.717, 1.165) is 38.5 Å². The summed E-state index contributed by atoms with van der Waals surface area (Å²) in [7, 11) is -2.93. The van der Waals surface area contributed by atoms with E-state index in [1.54, 1.807) is 0 Å². The van der Waals surface area contributed by atoms with E-state index in [2.05, 4.69) is 22.5 Å². The number of rotatable bonds is 8. The van der Waals surface area contributed by atoms with E-state index in [-0.39, 0.29) is 16.8 Å². The van der Waals surface area contributed by atoms with Gasteiger partial charge in [-0.2, -0.15) is 0 Å². The highest BCUT2D eigenvalue weighted by Gasteiger charge is 2.29. The smallest absolute Gasteiger partial charge is 0.191 e. The van der Waals surface area contributed by atoms with Gasteiger partial charge in [-0.15, -0.1) is 0 Å². The maximum atomic E-state index is 11.3. The molecule has 1 heterocycles. The molecular weight excluding hydrogens is 314 g/mol. The number of ether oxygens (including phenoxy) is 1. The van der Waals surface area contributed by atoms with Gasteiger partial charge in [-0.1, -0.05) is 13.8 Å². The van der Waals surface area contributed by atoms with Gasteiger partial charge in [0, 0.05) is 32.5 Å². The van der Waals surface area contributed by atoms with Crippen LogP contribution in [0.3, 0.4) is 0 Å². The quantitative estimate of drug-likeness (QED) is 0.515. The molecule has 136 valence electrons. The second-order valence-corrected chi connectivity index (χ2v) is 9.75. The fourth-order valence-electron chi connectivity index (χ4n) is 2.42. The van der Waals surface area contributed by atoms with Crippen LogP contribution in [0.5, 0.6) is 0 Å². The molecule has 1 aliphatic heterocycles. The Morgan fingerprint density at radius 1 is 1.35 bits per heavy atom. The van der Waals surface area contributed by atoms with Gasteiger partial charge < -0.3 is 15.4 Å². The summed E-state index contributed by atoms with van der Waals surface area (Å²) in [6.45, 7) is 11.2. The van der Waals surface area contributed by atoms with Crippen LogP contribution in [0, 0.1) is 5.41 Å². The van der Waals surface area contributed by atoms with Crippen LogP contribution >= 0.6 is 0 Å².